The van der Waals surface area contributed by atoms with Crippen LogP contribution in [0.1, 0.15) is 29.1 Å². The number of hydrogen-bond donors (Lipinski definition) is 2. The first kappa shape index (κ1) is 14.2. The number of aliphatic carboxylic acids is 1. The van der Waals surface area contributed by atoms with Crippen LogP contribution >= 0.6 is 0 Å². The van der Waals surface area contributed by atoms with E-state index in [1.54, 1.807) is 6.92 Å². The predicted octanol–water partition coefficient (Wildman–Crippen LogP) is 0.593. The number of carboxylic acids is 1. The molecule has 1 aromatic rings. The van der Waals surface area contributed by atoms with E-state index in [1.165, 1.54) is 7.11 Å². The molecule has 0 aliphatic rings. The molecule has 0 aromatic carbocycles. The van der Waals surface area contributed by atoms with E-state index in [0.717, 1.165) is 6.39 Å². The number of carboxylic acid groups (broad SMARTS) is 1. The van der Waals surface area contributed by atoms with Gasteiger partial charge in [-0.2, -0.15) is 0 Å². The number of nitrogens with zero attached hydrogens (tertiary/aromatic N) is 1. The standard InChI is InChI=1S/C11H16N2O5/c1-7-9(18-6-12-7)10(14)13-8(11(15)16)4-3-5-17-2/h6,8H,3-5H2,1-2H3,(H,13,14)(H,15,16). The monoisotopic (exact) mass is 256 g/mol. The van der Waals surface area contributed by atoms with Crippen molar-refractivity contribution < 1.29 is 23.8 Å². The molecule has 7 nitrogen and oxygen atoms in total. The summed E-state index contributed by atoms with van der Waals surface area (Å²) in [6, 6.07) is -0.961. The van der Waals surface area contributed by atoms with Crippen LogP contribution in [0.5, 0.6) is 0 Å². The van der Waals surface area contributed by atoms with Crippen LogP contribution in [-0.2, 0) is 9.53 Å². The largest absolute Gasteiger partial charge is 0.480 e. The fourth-order valence-electron chi connectivity index (χ4n) is 1.43. The summed E-state index contributed by atoms with van der Waals surface area (Å²) in [6.07, 6.45) is 1.98. The van der Waals surface area contributed by atoms with Gasteiger partial charge in [0.1, 0.15) is 6.04 Å². The summed E-state index contributed by atoms with van der Waals surface area (Å²) in [7, 11) is 1.53. The molecular formula is C11H16N2O5. The molecule has 100 valence electrons. The van der Waals surface area contributed by atoms with Gasteiger partial charge in [0.05, 0.1) is 5.69 Å². The van der Waals surface area contributed by atoms with Crippen LogP contribution in [0.4, 0.5) is 0 Å². The third-order valence-corrected chi connectivity index (χ3v) is 2.40. The quantitative estimate of drug-likeness (QED) is 0.692. The minimum absolute atomic E-state index is 0.0352. The summed E-state index contributed by atoms with van der Waals surface area (Å²) in [5.41, 5.74) is 0.425. The van der Waals surface area contributed by atoms with Gasteiger partial charge in [-0.25, -0.2) is 9.78 Å². The highest BCUT2D eigenvalue weighted by Crippen LogP contribution is 2.06. The molecule has 0 aliphatic heterocycles. The molecule has 18 heavy (non-hydrogen) atoms. The van der Waals surface area contributed by atoms with E-state index in [4.69, 9.17) is 14.3 Å². The number of amides is 1. The maximum absolute atomic E-state index is 11.7. The molecule has 0 fully saturated rings. The van der Waals surface area contributed by atoms with Crippen LogP contribution in [-0.4, -0.2) is 41.7 Å². The van der Waals surface area contributed by atoms with Crippen molar-refractivity contribution in [3.05, 3.63) is 17.8 Å². The Hall–Kier alpha value is -1.89. The second-order valence-corrected chi connectivity index (χ2v) is 3.77. The average Bonchev–Trinajstić information content (AvgIpc) is 2.74. The van der Waals surface area contributed by atoms with E-state index in [9.17, 15) is 9.59 Å². The number of carbonyl (C=O) groups is 2. The van der Waals surface area contributed by atoms with E-state index in [2.05, 4.69) is 10.3 Å². The summed E-state index contributed by atoms with van der Waals surface area (Å²) in [5.74, 6) is -1.63. The topological polar surface area (TPSA) is 102 Å². The molecule has 0 spiro atoms. The number of ether oxygens (including phenoxy) is 1. The Labute approximate surface area is 104 Å². The zero-order valence-corrected chi connectivity index (χ0v) is 10.3. The van der Waals surface area contributed by atoms with E-state index in [-0.39, 0.29) is 5.76 Å². The highest BCUT2D eigenvalue weighted by molar-refractivity contribution is 5.94. The third-order valence-electron chi connectivity index (χ3n) is 2.40. The van der Waals surface area contributed by atoms with Gasteiger partial charge in [0.25, 0.3) is 5.91 Å². The van der Waals surface area contributed by atoms with Gasteiger partial charge in [0, 0.05) is 13.7 Å². The Balaban J connectivity index is 2.58. The van der Waals surface area contributed by atoms with Gasteiger partial charge in [-0.3, -0.25) is 4.79 Å². The van der Waals surface area contributed by atoms with Crippen molar-refractivity contribution >= 4 is 11.9 Å². The summed E-state index contributed by atoms with van der Waals surface area (Å²) >= 11 is 0. The van der Waals surface area contributed by atoms with Gasteiger partial charge in [-0.15, -0.1) is 0 Å². The van der Waals surface area contributed by atoms with E-state index >= 15 is 0 Å². The summed E-state index contributed by atoms with van der Waals surface area (Å²) in [4.78, 5) is 26.5. The summed E-state index contributed by atoms with van der Waals surface area (Å²) < 4.78 is 9.73. The van der Waals surface area contributed by atoms with Gasteiger partial charge in [-0.05, 0) is 19.8 Å². The number of aromatic nitrogens is 1. The molecule has 0 bridgehead atoms. The van der Waals surface area contributed by atoms with E-state index in [0.29, 0.717) is 25.1 Å². The number of nitrogens with one attached hydrogen (secondary N) is 1. The first-order chi connectivity index (χ1) is 8.56. The predicted molar refractivity (Wildman–Crippen MR) is 61.2 cm³/mol. The molecule has 0 saturated carbocycles. The van der Waals surface area contributed by atoms with Crippen molar-refractivity contribution in [3.63, 3.8) is 0 Å². The van der Waals surface area contributed by atoms with Crippen molar-refractivity contribution in [2.75, 3.05) is 13.7 Å². The van der Waals surface area contributed by atoms with Gasteiger partial charge < -0.3 is 19.6 Å². The zero-order valence-electron chi connectivity index (χ0n) is 10.3. The van der Waals surface area contributed by atoms with Crippen LogP contribution < -0.4 is 5.32 Å². The molecular weight excluding hydrogens is 240 g/mol. The minimum Gasteiger partial charge on any atom is -0.480 e. The highest BCUT2D eigenvalue weighted by Gasteiger charge is 2.23. The maximum Gasteiger partial charge on any atom is 0.326 e. The van der Waals surface area contributed by atoms with E-state index in [1.807, 2.05) is 0 Å². The lowest BCUT2D eigenvalue weighted by Crippen LogP contribution is -2.41. The molecule has 1 aromatic heterocycles. The molecule has 1 unspecified atom stereocenters. The molecule has 1 heterocycles. The summed E-state index contributed by atoms with van der Waals surface area (Å²) in [6.45, 7) is 2.06. The number of hydrogen-bond acceptors (Lipinski definition) is 5. The summed E-state index contributed by atoms with van der Waals surface area (Å²) in [5, 5.41) is 11.4. The Morgan fingerprint density at radius 1 is 1.61 bits per heavy atom. The zero-order chi connectivity index (χ0) is 13.5. The Morgan fingerprint density at radius 2 is 2.33 bits per heavy atom. The van der Waals surface area contributed by atoms with E-state index < -0.39 is 17.9 Å². The van der Waals surface area contributed by atoms with Crippen molar-refractivity contribution in [2.24, 2.45) is 0 Å². The molecule has 0 aliphatic carbocycles. The first-order valence-corrected chi connectivity index (χ1v) is 5.49. The fraction of sp³-hybridized carbons (Fsp3) is 0.545. The molecule has 1 atom stereocenters. The Morgan fingerprint density at radius 3 is 2.83 bits per heavy atom. The second-order valence-electron chi connectivity index (χ2n) is 3.77. The lowest BCUT2D eigenvalue weighted by Gasteiger charge is -2.13. The van der Waals surface area contributed by atoms with Crippen molar-refractivity contribution in [2.45, 2.75) is 25.8 Å². The van der Waals surface area contributed by atoms with Crippen LogP contribution in [0.3, 0.4) is 0 Å². The smallest absolute Gasteiger partial charge is 0.326 e. The normalized spacial score (nSPS) is 12.1. The molecule has 0 saturated heterocycles. The highest BCUT2D eigenvalue weighted by atomic mass is 16.5. The van der Waals surface area contributed by atoms with Gasteiger partial charge in [0.2, 0.25) is 5.76 Å². The van der Waals surface area contributed by atoms with Crippen molar-refractivity contribution in [1.82, 2.24) is 10.3 Å². The third kappa shape index (κ3) is 3.85. The number of oxazole rings is 1. The van der Waals surface area contributed by atoms with Crippen LogP contribution in [0.2, 0.25) is 0 Å². The van der Waals surface area contributed by atoms with Crippen molar-refractivity contribution in [1.29, 1.82) is 0 Å². The number of aryl methyl sites for hydroxylation is 1. The van der Waals surface area contributed by atoms with Gasteiger partial charge >= 0.3 is 5.97 Å². The average molecular weight is 256 g/mol. The van der Waals surface area contributed by atoms with Crippen molar-refractivity contribution in [3.8, 4) is 0 Å². The van der Waals surface area contributed by atoms with Gasteiger partial charge in [-0.1, -0.05) is 0 Å². The second kappa shape index (κ2) is 6.75. The fourth-order valence-corrected chi connectivity index (χ4v) is 1.43. The number of rotatable bonds is 7. The minimum atomic E-state index is -1.09. The molecule has 0 radical (unpaired) electrons. The molecule has 1 rings (SSSR count). The number of carbonyl (C=O) groups excluding carboxylic acids is 1. The van der Waals surface area contributed by atoms with Crippen LogP contribution in [0.25, 0.3) is 0 Å². The maximum atomic E-state index is 11.7. The lowest BCUT2D eigenvalue weighted by molar-refractivity contribution is -0.139. The first-order valence-electron chi connectivity index (χ1n) is 5.49. The van der Waals surface area contributed by atoms with Crippen LogP contribution in [0, 0.1) is 6.92 Å². The van der Waals surface area contributed by atoms with Crippen LogP contribution in [0.15, 0.2) is 10.8 Å². The Kier molecular flexibility index (Phi) is 5.31. The molecule has 2 N–H and O–H groups in total. The molecule has 1 amide bonds. The number of methoxy groups -OCH3 is 1. The molecule has 7 heteroatoms. The lowest BCUT2D eigenvalue weighted by atomic mass is 10.1. The SMILES string of the molecule is COCCCC(NC(=O)c1ocnc1C)C(=O)O. The Bertz CT molecular complexity index is 415. The van der Waals surface area contributed by atoms with Gasteiger partial charge in [0.15, 0.2) is 6.39 Å².